The zero-order chi connectivity index (χ0) is 16.0. The minimum Gasteiger partial charge on any atom is -0.504 e. The highest BCUT2D eigenvalue weighted by molar-refractivity contribution is 5.93. The van der Waals surface area contributed by atoms with Crippen LogP contribution in [0.4, 0.5) is 0 Å². The van der Waals surface area contributed by atoms with Crippen LogP contribution in [0.1, 0.15) is 0 Å². The fourth-order valence-electron chi connectivity index (χ4n) is 2.59. The first-order valence-electron chi connectivity index (χ1n) is 6.98. The molecule has 0 spiro atoms. The van der Waals surface area contributed by atoms with Gasteiger partial charge in [-0.2, -0.15) is 0 Å². The van der Waals surface area contributed by atoms with Crippen molar-refractivity contribution in [2.75, 3.05) is 7.11 Å². The van der Waals surface area contributed by atoms with Crippen molar-refractivity contribution in [3.8, 4) is 22.8 Å². The summed E-state index contributed by atoms with van der Waals surface area (Å²) in [7, 11) is 1.46. The first-order valence-corrected chi connectivity index (χ1v) is 6.98. The molecule has 2 heterocycles. The summed E-state index contributed by atoms with van der Waals surface area (Å²) < 4.78 is 16.3. The topological polar surface area (TPSA) is 72.8 Å². The van der Waals surface area contributed by atoms with Gasteiger partial charge >= 0.3 is 0 Å². The minimum absolute atomic E-state index is 0.0247. The van der Waals surface area contributed by atoms with Gasteiger partial charge in [-0.05, 0) is 30.3 Å². The summed E-state index contributed by atoms with van der Waals surface area (Å²) in [5.41, 5.74) is 1.60. The highest BCUT2D eigenvalue weighted by Gasteiger charge is 2.11. The van der Waals surface area contributed by atoms with Crippen molar-refractivity contribution in [3.63, 3.8) is 0 Å². The fourth-order valence-corrected chi connectivity index (χ4v) is 2.59. The number of phenols is 1. The van der Waals surface area contributed by atoms with Gasteiger partial charge in [0, 0.05) is 23.1 Å². The molecule has 5 nitrogen and oxygen atoms in total. The molecule has 0 amide bonds. The molecule has 5 heteroatoms. The van der Waals surface area contributed by atoms with Gasteiger partial charge in [0.1, 0.15) is 16.9 Å². The number of benzene rings is 2. The standard InChI is InChI=1S/C18H12O5/c1-21-18-7-10(2-3-13(18)19)16-8-14(20)12-6-11-4-5-22-15(11)9-17(12)23-16/h2-9,19H,1H3. The zero-order valence-corrected chi connectivity index (χ0v) is 12.2. The summed E-state index contributed by atoms with van der Waals surface area (Å²) in [6, 6.07) is 11.5. The molecule has 0 radical (unpaired) electrons. The van der Waals surface area contributed by atoms with Crippen LogP contribution in [-0.4, -0.2) is 12.2 Å². The Labute approximate surface area is 130 Å². The van der Waals surface area contributed by atoms with Crippen LogP contribution < -0.4 is 10.2 Å². The Balaban J connectivity index is 1.97. The molecule has 4 aromatic rings. The number of aromatic hydroxyl groups is 1. The molecule has 114 valence electrons. The van der Waals surface area contributed by atoms with Gasteiger partial charge in [0.15, 0.2) is 16.9 Å². The van der Waals surface area contributed by atoms with E-state index in [1.165, 1.54) is 19.2 Å². The molecule has 23 heavy (non-hydrogen) atoms. The molecule has 0 saturated carbocycles. The Morgan fingerprint density at radius 1 is 1.04 bits per heavy atom. The van der Waals surface area contributed by atoms with E-state index in [9.17, 15) is 9.90 Å². The molecule has 0 saturated heterocycles. The van der Waals surface area contributed by atoms with Crippen LogP contribution in [0.5, 0.6) is 11.5 Å². The highest BCUT2D eigenvalue weighted by atomic mass is 16.5. The van der Waals surface area contributed by atoms with E-state index in [4.69, 9.17) is 13.6 Å². The molecule has 4 rings (SSSR count). The van der Waals surface area contributed by atoms with Gasteiger partial charge in [0.05, 0.1) is 18.8 Å². The number of fused-ring (bicyclic) bond motifs is 2. The quantitative estimate of drug-likeness (QED) is 0.607. The van der Waals surface area contributed by atoms with Crippen LogP contribution >= 0.6 is 0 Å². The molecule has 0 fully saturated rings. The maximum atomic E-state index is 12.4. The molecule has 0 aliphatic rings. The molecule has 0 bridgehead atoms. The maximum Gasteiger partial charge on any atom is 0.193 e. The van der Waals surface area contributed by atoms with Crippen molar-refractivity contribution in [2.45, 2.75) is 0 Å². The molecule has 0 atom stereocenters. The number of hydrogen-bond donors (Lipinski definition) is 1. The summed E-state index contributed by atoms with van der Waals surface area (Å²) in [5, 5.41) is 11.0. The number of hydrogen-bond acceptors (Lipinski definition) is 5. The molecular formula is C18H12O5. The Bertz CT molecular complexity index is 1090. The second-order valence-corrected chi connectivity index (χ2v) is 5.17. The third-order valence-corrected chi connectivity index (χ3v) is 3.77. The number of methoxy groups -OCH3 is 1. The summed E-state index contributed by atoms with van der Waals surface area (Å²) in [6.45, 7) is 0. The van der Waals surface area contributed by atoms with Crippen LogP contribution in [-0.2, 0) is 0 Å². The smallest absolute Gasteiger partial charge is 0.193 e. The van der Waals surface area contributed by atoms with Crippen molar-refractivity contribution < 1.29 is 18.7 Å². The van der Waals surface area contributed by atoms with E-state index >= 15 is 0 Å². The van der Waals surface area contributed by atoms with Crippen LogP contribution in [0, 0.1) is 0 Å². The monoisotopic (exact) mass is 308 g/mol. The minimum atomic E-state index is -0.142. The van der Waals surface area contributed by atoms with Crippen molar-refractivity contribution in [2.24, 2.45) is 0 Å². The Kier molecular flexibility index (Phi) is 2.87. The molecule has 0 aliphatic heterocycles. The van der Waals surface area contributed by atoms with Crippen LogP contribution in [0.3, 0.4) is 0 Å². The van der Waals surface area contributed by atoms with Crippen molar-refractivity contribution in [3.05, 3.63) is 59.0 Å². The third-order valence-electron chi connectivity index (χ3n) is 3.77. The highest BCUT2D eigenvalue weighted by Crippen LogP contribution is 2.32. The summed E-state index contributed by atoms with van der Waals surface area (Å²) >= 11 is 0. The van der Waals surface area contributed by atoms with Crippen LogP contribution in [0.2, 0.25) is 0 Å². The number of ether oxygens (including phenoxy) is 1. The second kappa shape index (κ2) is 4.91. The van der Waals surface area contributed by atoms with E-state index < -0.39 is 0 Å². The zero-order valence-electron chi connectivity index (χ0n) is 12.2. The average Bonchev–Trinajstić information content (AvgIpc) is 3.01. The van der Waals surface area contributed by atoms with Crippen molar-refractivity contribution in [1.29, 1.82) is 0 Å². The third kappa shape index (κ3) is 2.14. The lowest BCUT2D eigenvalue weighted by Gasteiger charge is -2.07. The Hall–Kier alpha value is -3.21. The van der Waals surface area contributed by atoms with Gasteiger partial charge in [-0.15, -0.1) is 0 Å². The normalized spacial score (nSPS) is 11.2. The van der Waals surface area contributed by atoms with Gasteiger partial charge in [-0.1, -0.05) is 0 Å². The van der Waals surface area contributed by atoms with Crippen LogP contribution in [0.15, 0.2) is 62.4 Å². The molecule has 1 N–H and O–H groups in total. The lowest BCUT2D eigenvalue weighted by atomic mass is 10.1. The number of furan rings is 1. The Morgan fingerprint density at radius 2 is 1.91 bits per heavy atom. The van der Waals surface area contributed by atoms with Gasteiger partial charge in [0.2, 0.25) is 0 Å². The van der Waals surface area contributed by atoms with Gasteiger partial charge in [-0.3, -0.25) is 4.79 Å². The molecule has 0 aliphatic carbocycles. The van der Waals surface area contributed by atoms with Gasteiger partial charge < -0.3 is 18.7 Å². The van der Waals surface area contributed by atoms with Gasteiger partial charge in [-0.25, -0.2) is 0 Å². The maximum absolute atomic E-state index is 12.4. The van der Waals surface area contributed by atoms with E-state index in [1.807, 2.05) is 0 Å². The number of rotatable bonds is 2. The lowest BCUT2D eigenvalue weighted by Crippen LogP contribution is -2.00. The van der Waals surface area contributed by atoms with Crippen molar-refractivity contribution in [1.82, 2.24) is 0 Å². The second-order valence-electron chi connectivity index (χ2n) is 5.17. The summed E-state index contributed by atoms with van der Waals surface area (Å²) in [4.78, 5) is 12.4. The fraction of sp³-hybridized carbons (Fsp3) is 0.0556. The molecule has 0 unspecified atom stereocenters. The molecular weight excluding hydrogens is 296 g/mol. The summed E-state index contributed by atoms with van der Waals surface area (Å²) in [6.07, 6.45) is 1.57. The van der Waals surface area contributed by atoms with E-state index in [0.29, 0.717) is 33.6 Å². The predicted molar refractivity (Wildman–Crippen MR) is 85.9 cm³/mol. The molecule has 2 aromatic heterocycles. The first kappa shape index (κ1) is 13.5. The summed E-state index contributed by atoms with van der Waals surface area (Å²) in [5.74, 6) is 0.732. The van der Waals surface area contributed by atoms with E-state index in [1.54, 1.807) is 36.6 Å². The van der Waals surface area contributed by atoms with Gasteiger partial charge in [0.25, 0.3) is 0 Å². The number of phenolic OH excluding ortho intramolecular Hbond substituents is 1. The van der Waals surface area contributed by atoms with E-state index in [2.05, 4.69) is 0 Å². The largest absolute Gasteiger partial charge is 0.504 e. The first-order chi connectivity index (χ1) is 11.2. The van der Waals surface area contributed by atoms with E-state index in [-0.39, 0.29) is 11.2 Å². The average molecular weight is 308 g/mol. The van der Waals surface area contributed by atoms with Crippen LogP contribution in [0.25, 0.3) is 33.3 Å². The lowest BCUT2D eigenvalue weighted by molar-refractivity contribution is 0.373. The predicted octanol–water partition coefficient (Wildman–Crippen LogP) is 3.92. The molecule has 2 aromatic carbocycles. The van der Waals surface area contributed by atoms with E-state index in [0.717, 1.165) is 5.39 Å². The Morgan fingerprint density at radius 3 is 2.74 bits per heavy atom. The van der Waals surface area contributed by atoms with Crippen molar-refractivity contribution >= 4 is 21.9 Å². The SMILES string of the molecule is COc1cc(-c2cc(=O)c3cc4ccoc4cc3o2)ccc1O.